The molecule has 1 aromatic rings. The highest BCUT2D eigenvalue weighted by Crippen LogP contribution is 2.19. The Labute approximate surface area is 79.7 Å². The molecule has 0 bridgehead atoms. The van der Waals surface area contributed by atoms with Crippen LogP contribution in [-0.4, -0.2) is 18.6 Å². The molecule has 0 aliphatic carbocycles. The van der Waals surface area contributed by atoms with Crippen molar-refractivity contribution >= 4 is 0 Å². The van der Waals surface area contributed by atoms with Gasteiger partial charge in [0.15, 0.2) is 0 Å². The monoisotopic (exact) mass is 181 g/mol. The summed E-state index contributed by atoms with van der Waals surface area (Å²) in [5, 5.41) is 3.29. The predicted molar refractivity (Wildman–Crippen MR) is 55.4 cm³/mol. The zero-order valence-electron chi connectivity index (χ0n) is 8.38. The van der Waals surface area contributed by atoms with Crippen molar-refractivity contribution < 1.29 is 0 Å². The Bertz CT molecular complexity index is 218. The number of hydrogen-bond donors (Lipinski definition) is 3. The lowest BCUT2D eigenvalue weighted by atomic mass is 9.98. The summed E-state index contributed by atoms with van der Waals surface area (Å²) < 4.78 is 0. The molecule has 0 aliphatic heterocycles. The van der Waals surface area contributed by atoms with Gasteiger partial charge >= 0.3 is 0 Å². The number of nitrogens with two attached hydrogens (primary N) is 1. The summed E-state index contributed by atoms with van der Waals surface area (Å²) in [6.07, 6.45) is 5.07. The lowest BCUT2D eigenvalue weighted by Gasteiger charge is -2.18. The lowest BCUT2D eigenvalue weighted by molar-refractivity contribution is 0.438. The van der Waals surface area contributed by atoms with Crippen LogP contribution >= 0.6 is 0 Å². The summed E-state index contributed by atoms with van der Waals surface area (Å²) in [7, 11) is 1.99. The summed E-state index contributed by atoms with van der Waals surface area (Å²) in [6, 6.07) is 2.52. The van der Waals surface area contributed by atoms with Crippen LogP contribution in [0.2, 0.25) is 0 Å². The van der Waals surface area contributed by atoms with Crippen molar-refractivity contribution in [1.29, 1.82) is 0 Å². The molecule has 1 heterocycles. The average molecular weight is 181 g/mol. The van der Waals surface area contributed by atoms with Crippen molar-refractivity contribution in [2.45, 2.75) is 19.4 Å². The first kappa shape index (κ1) is 10.3. The molecule has 0 saturated carbocycles. The van der Waals surface area contributed by atoms with Crippen molar-refractivity contribution in [2.75, 3.05) is 13.6 Å². The second-order valence-corrected chi connectivity index (χ2v) is 3.56. The van der Waals surface area contributed by atoms with Crippen LogP contribution in [0.25, 0.3) is 0 Å². The Kier molecular flexibility index (Phi) is 3.99. The average Bonchev–Trinajstić information content (AvgIpc) is 2.66. The Morgan fingerprint density at radius 3 is 2.85 bits per heavy atom. The van der Waals surface area contributed by atoms with E-state index in [0.717, 1.165) is 13.0 Å². The normalized spacial score (nSPS) is 15.6. The fourth-order valence-electron chi connectivity index (χ4n) is 1.47. The lowest BCUT2D eigenvalue weighted by Crippen LogP contribution is -2.22. The van der Waals surface area contributed by atoms with Crippen LogP contribution in [0.3, 0.4) is 0 Å². The molecule has 74 valence electrons. The van der Waals surface area contributed by atoms with E-state index in [0.29, 0.717) is 12.0 Å². The molecule has 0 saturated heterocycles. The summed E-state index contributed by atoms with van der Waals surface area (Å²) in [5.74, 6) is 0.562. The number of nitrogens with one attached hydrogen (secondary N) is 2. The van der Waals surface area contributed by atoms with Crippen LogP contribution in [0.5, 0.6) is 0 Å². The summed E-state index contributed by atoms with van der Waals surface area (Å²) in [4.78, 5) is 3.06. The first-order chi connectivity index (χ1) is 6.27. The van der Waals surface area contributed by atoms with Crippen LogP contribution in [0, 0.1) is 5.92 Å². The van der Waals surface area contributed by atoms with Crippen LogP contribution in [0.1, 0.15) is 24.9 Å². The topological polar surface area (TPSA) is 53.8 Å². The molecule has 1 aromatic heterocycles. The molecule has 0 fully saturated rings. The Balaban J connectivity index is 2.53. The van der Waals surface area contributed by atoms with Crippen molar-refractivity contribution in [1.82, 2.24) is 10.3 Å². The van der Waals surface area contributed by atoms with Gasteiger partial charge in [0.1, 0.15) is 0 Å². The van der Waals surface area contributed by atoms with Gasteiger partial charge in [0.2, 0.25) is 0 Å². The van der Waals surface area contributed by atoms with Gasteiger partial charge in [-0.2, -0.15) is 0 Å². The van der Waals surface area contributed by atoms with Gasteiger partial charge in [0.05, 0.1) is 0 Å². The third kappa shape index (κ3) is 2.86. The predicted octanol–water partition coefficient (Wildman–Crippen LogP) is 1.26. The van der Waals surface area contributed by atoms with Gasteiger partial charge in [0, 0.05) is 18.4 Å². The van der Waals surface area contributed by atoms with E-state index in [9.17, 15) is 0 Å². The maximum atomic E-state index is 5.59. The summed E-state index contributed by atoms with van der Waals surface area (Å²) >= 11 is 0. The molecule has 2 atom stereocenters. The quantitative estimate of drug-likeness (QED) is 0.640. The smallest absolute Gasteiger partial charge is 0.0335 e. The maximum absolute atomic E-state index is 5.59. The molecule has 3 nitrogen and oxygen atoms in total. The molecule has 1 rings (SSSR count). The van der Waals surface area contributed by atoms with Gasteiger partial charge in [0.25, 0.3) is 0 Å². The van der Waals surface area contributed by atoms with Crippen LogP contribution in [-0.2, 0) is 0 Å². The zero-order valence-corrected chi connectivity index (χ0v) is 8.38. The molecule has 13 heavy (non-hydrogen) atoms. The molecule has 0 spiro atoms. The zero-order chi connectivity index (χ0) is 9.68. The molecular formula is C10H19N3. The number of H-pyrrole nitrogens is 1. The second kappa shape index (κ2) is 5.04. The van der Waals surface area contributed by atoms with E-state index in [2.05, 4.69) is 23.3 Å². The van der Waals surface area contributed by atoms with Crippen molar-refractivity contribution in [3.63, 3.8) is 0 Å². The minimum Gasteiger partial charge on any atom is -0.367 e. The minimum atomic E-state index is 0.421. The van der Waals surface area contributed by atoms with E-state index >= 15 is 0 Å². The highest BCUT2D eigenvalue weighted by atomic mass is 14.9. The number of aromatic nitrogens is 1. The third-order valence-corrected chi connectivity index (χ3v) is 2.41. The molecular weight excluding hydrogens is 162 g/mol. The molecule has 3 heteroatoms. The van der Waals surface area contributed by atoms with Crippen LogP contribution < -0.4 is 11.1 Å². The second-order valence-electron chi connectivity index (χ2n) is 3.56. The van der Waals surface area contributed by atoms with Gasteiger partial charge in [-0.3, -0.25) is 0 Å². The molecule has 2 unspecified atom stereocenters. The van der Waals surface area contributed by atoms with E-state index in [1.165, 1.54) is 5.56 Å². The van der Waals surface area contributed by atoms with Gasteiger partial charge in [-0.05, 0) is 37.6 Å². The summed E-state index contributed by atoms with van der Waals surface area (Å²) in [6.45, 7) is 2.93. The largest absolute Gasteiger partial charge is 0.367 e. The van der Waals surface area contributed by atoms with E-state index in [1.807, 2.05) is 19.4 Å². The van der Waals surface area contributed by atoms with Crippen LogP contribution in [0.4, 0.5) is 0 Å². The molecule has 0 amide bonds. The standard InChI is InChI=1S/C10H19N3/c1-8(6-11)5-10(12-2)9-3-4-13-7-9/h3-4,7-8,10,12-13H,5-6,11H2,1-2H3. The van der Waals surface area contributed by atoms with E-state index in [-0.39, 0.29) is 0 Å². The van der Waals surface area contributed by atoms with Gasteiger partial charge in [-0.25, -0.2) is 0 Å². The van der Waals surface area contributed by atoms with Gasteiger partial charge in [-0.15, -0.1) is 0 Å². The number of aromatic amines is 1. The van der Waals surface area contributed by atoms with Gasteiger partial charge < -0.3 is 16.0 Å². The van der Waals surface area contributed by atoms with Gasteiger partial charge in [-0.1, -0.05) is 6.92 Å². The SMILES string of the molecule is CNC(CC(C)CN)c1cc[nH]c1. The fourth-order valence-corrected chi connectivity index (χ4v) is 1.47. The third-order valence-electron chi connectivity index (χ3n) is 2.41. The summed E-state index contributed by atoms with van der Waals surface area (Å²) in [5.41, 5.74) is 6.90. The highest BCUT2D eigenvalue weighted by Gasteiger charge is 2.12. The molecule has 4 N–H and O–H groups in total. The number of rotatable bonds is 5. The first-order valence-electron chi connectivity index (χ1n) is 4.78. The Morgan fingerprint density at radius 2 is 2.38 bits per heavy atom. The van der Waals surface area contributed by atoms with Crippen molar-refractivity contribution in [2.24, 2.45) is 11.7 Å². The molecule has 0 aromatic carbocycles. The Hall–Kier alpha value is -0.800. The van der Waals surface area contributed by atoms with Crippen LogP contribution in [0.15, 0.2) is 18.5 Å². The Morgan fingerprint density at radius 1 is 1.62 bits per heavy atom. The highest BCUT2D eigenvalue weighted by molar-refractivity contribution is 5.13. The molecule has 0 radical (unpaired) electrons. The maximum Gasteiger partial charge on any atom is 0.0335 e. The minimum absolute atomic E-state index is 0.421. The first-order valence-corrected chi connectivity index (χ1v) is 4.78. The fraction of sp³-hybridized carbons (Fsp3) is 0.600. The molecule has 0 aliphatic rings. The van der Waals surface area contributed by atoms with Crippen molar-refractivity contribution in [3.8, 4) is 0 Å². The number of hydrogen-bond acceptors (Lipinski definition) is 2. The van der Waals surface area contributed by atoms with E-state index < -0.39 is 0 Å². The van der Waals surface area contributed by atoms with E-state index in [1.54, 1.807) is 0 Å². The van der Waals surface area contributed by atoms with E-state index in [4.69, 9.17) is 5.73 Å². The van der Waals surface area contributed by atoms with Crippen molar-refractivity contribution in [3.05, 3.63) is 24.0 Å².